The molecule has 2 aliphatic rings. The van der Waals surface area contributed by atoms with Crippen LogP contribution in [0.25, 0.3) is 0 Å². The van der Waals surface area contributed by atoms with Crippen molar-refractivity contribution >= 4 is 39.1 Å². The van der Waals surface area contributed by atoms with Crippen molar-refractivity contribution in [1.29, 1.82) is 0 Å². The highest BCUT2D eigenvalue weighted by atomic mass is 32.2. The fourth-order valence-corrected chi connectivity index (χ4v) is 4.46. The molecule has 28 heavy (non-hydrogen) atoms. The largest absolute Gasteiger partial charge is 0.341 e. The number of sulfonamides is 1. The molecule has 1 aromatic carbocycles. The second-order valence-electron chi connectivity index (χ2n) is 7.17. The summed E-state index contributed by atoms with van der Waals surface area (Å²) in [6.45, 7) is 4.44. The zero-order valence-corrected chi connectivity index (χ0v) is 16.2. The normalized spacial score (nSPS) is 20.5. The number of carbonyl (C=O) groups is 2. The number of amides is 1. The average Bonchev–Trinajstić information content (AvgIpc) is 3.11. The van der Waals surface area contributed by atoms with Crippen LogP contribution in [0.1, 0.15) is 30.6 Å². The van der Waals surface area contributed by atoms with Crippen LogP contribution < -0.4 is 10.2 Å². The van der Waals surface area contributed by atoms with Crippen LogP contribution in [0.5, 0.6) is 0 Å². The molecule has 1 amide bonds. The highest BCUT2D eigenvalue weighted by molar-refractivity contribution is 7.90. The summed E-state index contributed by atoms with van der Waals surface area (Å²) in [6, 6.07) is 6.24. The Hall–Kier alpha value is -3.01. The van der Waals surface area contributed by atoms with Gasteiger partial charge in [0.05, 0.1) is 17.4 Å². The molecule has 0 saturated carbocycles. The van der Waals surface area contributed by atoms with E-state index in [1.165, 1.54) is 17.2 Å². The van der Waals surface area contributed by atoms with Gasteiger partial charge in [0.2, 0.25) is 5.91 Å². The molecule has 0 radical (unpaired) electrons. The molecule has 1 unspecified atom stereocenters. The maximum atomic E-state index is 13.2. The van der Waals surface area contributed by atoms with Gasteiger partial charge in [0.1, 0.15) is 16.5 Å². The van der Waals surface area contributed by atoms with Crippen molar-refractivity contribution in [2.24, 2.45) is 16.2 Å². The molecule has 10 heteroatoms. The first-order chi connectivity index (χ1) is 13.3. The van der Waals surface area contributed by atoms with E-state index in [2.05, 4.69) is 19.9 Å². The molecule has 146 valence electrons. The summed E-state index contributed by atoms with van der Waals surface area (Å²) in [4.78, 5) is 27.6. The summed E-state index contributed by atoms with van der Waals surface area (Å²) in [7, 11) is -4.02. The molecular formula is C18H19N5O4S. The number of aromatic nitrogens is 2. The molecule has 3 heterocycles. The number of para-hydroxylation sites is 1. The lowest BCUT2D eigenvalue weighted by Gasteiger charge is -2.32. The number of hydrogen-bond acceptors (Lipinski definition) is 6. The summed E-state index contributed by atoms with van der Waals surface area (Å²) in [6.07, 6.45) is 2.07. The molecule has 1 atom stereocenters. The summed E-state index contributed by atoms with van der Waals surface area (Å²) in [5.41, 5.74) is 0.536. The molecule has 0 bridgehead atoms. The second-order valence-corrected chi connectivity index (χ2v) is 8.75. The zero-order chi connectivity index (χ0) is 20.1. The van der Waals surface area contributed by atoms with Gasteiger partial charge in [-0.25, -0.2) is 0 Å². The van der Waals surface area contributed by atoms with Crippen LogP contribution in [-0.2, 0) is 14.8 Å². The van der Waals surface area contributed by atoms with E-state index in [-0.39, 0.29) is 16.3 Å². The monoisotopic (exact) mass is 401 g/mol. The molecule has 9 nitrogen and oxygen atoms in total. The van der Waals surface area contributed by atoms with Crippen LogP contribution in [0.4, 0.5) is 11.5 Å². The fourth-order valence-electron chi connectivity index (χ4n) is 3.31. The zero-order valence-electron chi connectivity index (χ0n) is 15.3. The number of carbonyl (C=O) groups excluding carboxylic acids is 2. The fraction of sp³-hybridized carbons (Fsp3) is 0.333. The topological polar surface area (TPSA) is 125 Å². The number of H-pyrrole nitrogens is 1. The molecule has 0 fully saturated rings. The van der Waals surface area contributed by atoms with Gasteiger partial charge in [-0.2, -0.15) is 13.5 Å². The van der Waals surface area contributed by atoms with Crippen LogP contribution in [0, 0.1) is 11.8 Å². The van der Waals surface area contributed by atoms with Gasteiger partial charge in [0, 0.05) is 6.54 Å². The molecule has 2 aromatic rings. The number of amidine groups is 1. The van der Waals surface area contributed by atoms with Crippen molar-refractivity contribution in [3.8, 4) is 0 Å². The Morgan fingerprint density at radius 1 is 1.21 bits per heavy atom. The first-order valence-electron chi connectivity index (χ1n) is 8.89. The van der Waals surface area contributed by atoms with Gasteiger partial charge in [-0.15, -0.1) is 4.40 Å². The van der Waals surface area contributed by atoms with Crippen molar-refractivity contribution in [2.45, 2.75) is 25.2 Å². The summed E-state index contributed by atoms with van der Waals surface area (Å²) in [5.74, 6) is -1.92. The van der Waals surface area contributed by atoms with Gasteiger partial charge in [-0.1, -0.05) is 26.0 Å². The minimum atomic E-state index is -4.02. The Bertz CT molecular complexity index is 1100. The summed E-state index contributed by atoms with van der Waals surface area (Å²) in [5, 5.41) is 9.46. The minimum Gasteiger partial charge on any atom is -0.341 e. The van der Waals surface area contributed by atoms with Crippen LogP contribution >= 0.6 is 0 Å². The number of anilines is 2. The highest BCUT2D eigenvalue weighted by Crippen LogP contribution is 2.34. The van der Waals surface area contributed by atoms with Crippen LogP contribution in [0.3, 0.4) is 0 Å². The summed E-state index contributed by atoms with van der Waals surface area (Å²) >= 11 is 0. The molecular weight excluding hydrogens is 382 g/mol. The van der Waals surface area contributed by atoms with Crippen molar-refractivity contribution in [1.82, 2.24) is 10.2 Å². The van der Waals surface area contributed by atoms with Gasteiger partial charge in [0.15, 0.2) is 11.7 Å². The maximum absolute atomic E-state index is 13.2. The molecule has 0 spiro atoms. The van der Waals surface area contributed by atoms with E-state index in [4.69, 9.17) is 0 Å². The van der Waals surface area contributed by atoms with E-state index in [0.717, 1.165) is 0 Å². The van der Waals surface area contributed by atoms with E-state index in [0.29, 0.717) is 30.4 Å². The van der Waals surface area contributed by atoms with E-state index in [1.807, 2.05) is 13.8 Å². The van der Waals surface area contributed by atoms with Gasteiger partial charge in [-0.05, 0) is 24.5 Å². The number of nitrogens with zero attached hydrogens (tertiary/aromatic N) is 3. The third-order valence-electron chi connectivity index (χ3n) is 4.78. The molecule has 1 aromatic heterocycles. The van der Waals surface area contributed by atoms with Gasteiger partial charge >= 0.3 is 0 Å². The van der Waals surface area contributed by atoms with E-state index in [9.17, 15) is 18.0 Å². The SMILES string of the molecule is CC(C)CCN1C(=O)C(C2=NS(=O)(=O)c3ccccc3N2)C(=O)c2cn[nH]c21. The predicted octanol–water partition coefficient (Wildman–Crippen LogP) is 1.81. The van der Waals surface area contributed by atoms with Crippen molar-refractivity contribution in [2.75, 3.05) is 16.8 Å². The van der Waals surface area contributed by atoms with E-state index < -0.39 is 27.6 Å². The Balaban J connectivity index is 1.77. The first-order valence-corrected chi connectivity index (χ1v) is 10.3. The second kappa shape index (κ2) is 6.55. The first kappa shape index (κ1) is 18.4. The molecule has 0 saturated heterocycles. The van der Waals surface area contributed by atoms with E-state index in [1.54, 1.807) is 18.2 Å². The standard InChI is InChI=1S/C18H19N5O4S/c1-10(2)7-8-23-17-11(9-19-21-17)15(24)14(18(23)25)16-20-12-5-3-4-6-13(12)28(26,27)22-16/h3-6,9-10,14H,7-8H2,1-2H3,(H,19,21)(H,20,22). The van der Waals surface area contributed by atoms with Crippen LogP contribution in [0.2, 0.25) is 0 Å². The van der Waals surface area contributed by atoms with Crippen molar-refractivity contribution < 1.29 is 18.0 Å². The number of Topliss-reactive ketones (excluding diaryl/α,β-unsaturated/α-hetero) is 1. The highest BCUT2D eigenvalue weighted by Gasteiger charge is 2.45. The third-order valence-corrected chi connectivity index (χ3v) is 6.13. The number of rotatable bonds is 4. The Morgan fingerprint density at radius 2 is 1.96 bits per heavy atom. The lowest BCUT2D eigenvalue weighted by molar-refractivity contribution is -0.119. The van der Waals surface area contributed by atoms with Crippen molar-refractivity contribution in [3.05, 3.63) is 36.0 Å². The minimum absolute atomic E-state index is 0.00937. The number of fused-ring (bicyclic) bond motifs is 2. The summed E-state index contributed by atoms with van der Waals surface area (Å²) < 4.78 is 28.8. The molecule has 2 aliphatic heterocycles. The molecule has 2 N–H and O–H groups in total. The van der Waals surface area contributed by atoms with Gasteiger partial charge in [-0.3, -0.25) is 19.6 Å². The van der Waals surface area contributed by atoms with E-state index >= 15 is 0 Å². The lowest BCUT2D eigenvalue weighted by Crippen LogP contribution is -2.50. The molecule has 4 rings (SSSR count). The average molecular weight is 401 g/mol. The number of aromatic amines is 1. The number of ketones is 1. The number of nitrogens with one attached hydrogen (secondary N) is 2. The third kappa shape index (κ3) is 2.89. The lowest BCUT2D eigenvalue weighted by atomic mass is 9.91. The Labute approximate surface area is 161 Å². The van der Waals surface area contributed by atoms with Gasteiger partial charge < -0.3 is 5.32 Å². The predicted molar refractivity (Wildman–Crippen MR) is 103 cm³/mol. The smallest absolute Gasteiger partial charge is 0.286 e. The van der Waals surface area contributed by atoms with Crippen molar-refractivity contribution in [3.63, 3.8) is 0 Å². The quantitative estimate of drug-likeness (QED) is 0.753. The van der Waals surface area contributed by atoms with Crippen LogP contribution in [0.15, 0.2) is 39.8 Å². The molecule has 0 aliphatic carbocycles. The number of benzene rings is 1. The maximum Gasteiger partial charge on any atom is 0.286 e. The Morgan fingerprint density at radius 3 is 2.71 bits per heavy atom. The van der Waals surface area contributed by atoms with Crippen LogP contribution in [-0.4, -0.2) is 42.7 Å². The number of hydrogen-bond donors (Lipinski definition) is 2. The van der Waals surface area contributed by atoms with Gasteiger partial charge in [0.25, 0.3) is 10.0 Å². The Kier molecular flexibility index (Phi) is 4.30.